The summed E-state index contributed by atoms with van der Waals surface area (Å²) in [4.78, 5) is 81.9. The summed E-state index contributed by atoms with van der Waals surface area (Å²) in [6.07, 6.45) is 1.03. The highest BCUT2D eigenvalue weighted by Crippen LogP contribution is 2.19. The Labute approximate surface area is 274 Å². The Morgan fingerprint density at radius 3 is 1.43 bits per heavy atom. The topological polar surface area (TPSA) is 244 Å². The summed E-state index contributed by atoms with van der Waals surface area (Å²) in [5.74, 6) is -5.87. The third-order valence-corrected chi connectivity index (χ3v) is 8.29. The van der Waals surface area contributed by atoms with Gasteiger partial charge in [0, 0.05) is 58.9 Å². The monoisotopic (exact) mass is 671 g/mol. The number of carboxylic acids is 3. The van der Waals surface area contributed by atoms with Crippen molar-refractivity contribution in [1.82, 2.24) is 35.1 Å². The molecule has 0 aliphatic carbocycles. The van der Waals surface area contributed by atoms with E-state index >= 15 is 0 Å². The fourth-order valence-corrected chi connectivity index (χ4v) is 5.73. The van der Waals surface area contributed by atoms with Gasteiger partial charge in [0.25, 0.3) is 0 Å². The molecule has 18 nitrogen and oxygen atoms in total. The summed E-state index contributed by atoms with van der Waals surface area (Å²) in [5.41, 5.74) is 0. The molecule has 0 saturated carbocycles. The standard InChI is InChI=1S/C28H50BN7O11/c1-19(2)26(27(44)30-20(3)28(45)36-6-4-5-21(36)29(46)47)31-22(37)15-32-7-9-33(16-23(38)39)11-13-35(18-25(42)43)14-12-34(10-8-32)17-24(40)41/h19-21,26,46-47H,4-18H2,1-3H3,(H,30,44)(H,31,37)(H,38,39)(H,40,41)(H,42,43)/t20-,21+,26?/m1/s1. The maximum absolute atomic E-state index is 13.3. The van der Waals surface area contributed by atoms with E-state index < -0.39 is 60.8 Å². The third-order valence-electron chi connectivity index (χ3n) is 8.29. The number of nitrogens with one attached hydrogen (secondary N) is 2. The molecule has 2 fully saturated rings. The summed E-state index contributed by atoms with van der Waals surface area (Å²) in [7, 11) is -1.70. The van der Waals surface area contributed by atoms with Crippen LogP contribution in [0.3, 0.4) is 0 Å². The number of amides is 3. The van der Waals surface area contributed by atoms with Gasteiger partial charge in [-0.2, -0.15) is 0 Å². The number of aliphatic carboxylic acids is 3. The molecular weight excluding hydrogens is 621 g/mol. The second-order valence-electron chi connectivity index (χ2n) is 12.5. The first kappa shape index (κ1) is 39.8. The van der Waals surface area contributed by atoms with Gasteiger partial charge in [0.05, 0.1) is 32.1 Å². The molecule has 0 aromatic rings. The second-order valence-corrected chi connectivity index (χ2v) is 12.5. The van der Waals surface area contributed by atoms with Crippen molar-refractivity contribution in [3.05, 3.63) is 0 Å². The highest BCUT2D eigenvalue weighted by atomic mass is 16.4. The first-order valence-electron chi connectivity index (χ1n) is 15.9. The van der Waals surface area contributed by atoms with Gasteiger partial charge in [-0.1, -0.05) is 13.8 Å². The van der Waals surface area contributed by atoms with E-state index in [9.17, 15) is 54.1 Å². The van der Waals surface area contributed by atoms with E-state index in [1.807, 2.05) is 0 Å². The zero-order valence-electron chi connectivity index (χ0n) is 27.4. The molecule has 0 radical (unpaired) electrons. The SMILES string of the molecule is CC(C)C(NC(=O)CN1CCN(CC(=O)O)CCN(CC(=O)O)CCN(CC(=O)O)CC1)C(=O)N[C@H](C)C(=O)N1CCC[C@H]1B(O)O. The summed E-state index contributed by atoms with van der Waals surface area (Å²) in [6, 6.07) is -1.99. The Kier molecular flexibility index (Phi) is 16.5. The Balaban J connectivity index is 2.12. The summed E-state index contributed by atoms with van der Waals surface area (Å²) >= 11 is 0. The highest BCUT2D eigenvalue weighted by molar-refractivity contribution is 6.43. The van der Waals surface area contributed by atoms with Gasteiger partial charge < -0.3 is 40.9 Å². The van der Waals surface area contributed by atoms with E-state index in [0.717, 1.165) is 0 Å². The zero-order chi connectivity index (χ0) is 35.3. The van der Waals surface area contributed by atoms with Gasteiger partial charge in [-0.05, 0) is 25.7 Å². The third kappa shape index (κ3) is 14.1. The van der Waals surface area contributed by atoms with Crippen LogP contribution >= 0.6 is 0 Å². The van der Waals surface area contributed by atoms with E-state index in [1.165, 1.54) is 11.8 Å². The molecule has 47 heavy (non-hydrogen) atoms. The van der Waals surface area contributed by atoms with Crippen molar-refractivity contribution >= 4 is 42.7 Å². The number of hydrogen-bond acceptors (Lipinski definition) is 12. The normalized spacial score (nSPS) is 20.9. The van der Waals surface area contributed by atoms with Crippen molar-refractivity contribution in [3.8, 4) is 0 Å². The number of carbonyl (C=O) groups excluding carboxylic acids is 3. The molecule has 2 aliphatic rings. The quantitative estimate of drug-likeness (QED) is 0.0874. The average Bonchev–Trinajstić information content (AvgIpc) is 3.46. The Morgan fingerprint density at radius 2 is 1.06 bits per heavy atom. The number of carboxylic acid groups (broad SMARTS) is 3. The molecule has 2 heterocycles. The molecule has 0 aromatic heterocycles. The van der Waals surface area contributed by atoms with Crippen LogP contribution in [0.2, 0.25) is 0 Å². The van der Waals surface area contributed by atoms with Crippen LogP contribution in [-0.2, 0) is 28.8 Å². The van der Waals surface area contributed by atoms with E-state index in [-0.39, 0.29) is 84.5 Å². The van der Waals surface area contributed by atoms with Crippen LogP contribution in [0.1, 0.15) is 33.6 Å². The van der Waals surface area contributed by atoms with Crippen molar-refractivity contribution in [2.45, 2.75) is 51.6 Å². The molecule has 2 saturated heterocycles. The fourth-order valence-electron chi connectivity index (χ4n) is 5.73. The van der Waals surface area contributed by atoms with Crippen LogP contribution < -0.4 is 10.6 Å². The van der Waals surface area contributed by atoms with Crippen LogP contribution in [0.4, 0.5) is 0 Å². The largest absolute Gasteiger partial charge is 0.480 e. The minimum atomic E-state index is -1.70. The fraction of sp³-hybridized carbons (Fsp3) is 0.786. The molecule has 0 bridgehead atoms. The van der Waals surface area contributed by atoms with E-state index in [1.54, 1.807) is 33.4 Å². The zero-order valence-corrected chi connectivity index (χ0v) is 27.4. The molecule has 7 N–H and O–H groups in total. The van der Waals surface area contributed by atoms with Crippen molar-refractivity contribution < 1.29 is 54.1 Å². The molecule has 0 aromatic carbocycles. The van der Waals surface area contributed by atoms with Crippen LogP contribution in [-0.4, -0.2) is 196 Å². The molecule has 2 rings (SSSR count). The molecule has 3 atom stereocenters. The van der Waals surface area contributed by atoms with Gasteiger partial charge in [-0.25, -0.2) is 0 Å². The van der Waals surface area contributed by atoms with Crippen molar-refractivity contribution in [2.24, 2.45) is 5.92 Å². The lowest BCUT2D eigenvalue weighted by molar-refractivity contribution is -0.140. The first-order chi connectivity index (χ1) is 22.1. The smallest absolute Gasteiger partial charge is 0.475 e. The van der Waals surface area contributed by atoms with Crippen LogP contribution in [0.15, 0.2) is 0 Å². The summed E-state index contributed by atoms with van der Waals surface area (Å²) < 4.78 is 0. The lowest BCUT2D eigenvalue weighted by atomic mass is 9.78. The van der Waals surface area contributed by atoms with Crippen molar-refractivity contribution in [1.29, 1.82) is 0 Å². The molecular formula is C28H50BN7O11. The molecule has 0 spiro atoms. The molecule has 1 unspecified atom stereocenters. The minimum absolute atomic E-state index is 0.179. The van der Waals surface area contributed by atoms with Crippen molar-refractivity contribution in [2.75, 3.05) is 85.1 Å². The lowest BCUT2D eigenvalue weighted by Gasteiger charge is -2.33. The van der Waals surface area contributed by atoms with Crippen LogP contribution in [0.25, 0.3) is 0 Å². The first-order valence-corrected chi connectivity index (χ1v) is 15.9. The number of hydrogen-bond donors (Lipinski definition) is 7. The van der Waals surface area contributed by atoms with Gasteiger partial charge in [0.1, 0.15) is 12.1 Å². The summed E-state index contributed by atoms with van der Waals surface area (Å²) in [5, 5.41) is 52.7. The maximum atomic E-state index is 13.3. The van der Waals surface area contributed by atoms with E-state index in [0.29, 0.717) is 19.4 Å². The minimum Gasteiger partial charge on any atom is -0.480 e. The number of rotatable bonds is 14. The Morgan fingerprint density at radius 1 is 0.660 bits per heavy atom. The van der Waals surface area contributed by atoms with Crippen LogP contribution in [0.5, 0.6) is 0 Å². The van der Waals surface area contributed by atoms with Crippen molar-refractivity contribution in [3.63, 3.8) is 0 Å². The molecule has 3 amide bonds. The number of nitrogens with zero attached hydrogens (tertiary/aromatic N) is 5. The summed E-state index contributed by atoms with van der Waals surface area (Å²) in [6.45, 7) is 6.11. The van der Waals surface area contributed by atoms with Gasteiger partial charge in [0.15, 0.2) is 0 Å². The predicted molar refractivity (Wildman–Crippen MR) is 168 cm³/mol. The van der Waals surface area contributed by atoms with E-state index in [2.05, 4.69) is 10.6 Å². The molecule has 266 valence electrons. The number of carbonyl (C=O) groups is 6. The molecule has 2 aliphatic heterocycles. The maximum Gasteiger partial charge on any atom is 0.475 e. The lowest BCUT2D eigenvalue weighted by Crippen LogP contribution is -2.57. The van der Waals surface area contributed by atoms with Gasteiger partial charge in [0.2, 0.25) is 17.7 Å². The molecule has 19 heteroatoms. The van der Waals surface area contributed by atoms with Crippen LogP contribution in [0, 0.1) is 5.92 Å². The Bertz CT molecular complexity index is 1070. The van der Waals surface area contributed by atoms with Gasteiger partial charge in [-0.15, -0.1) is 0 Å². The Hall–Kier alpha value is -3.36. The highest BCUT2D eigenvalue weighted by Gasteiger charge is 2.39. The van der Waals surface area contributed by atoms with E-state index in [4.69, 9.17) is 0 Å². The van der Waals surface area contributed by atoms with Gasteiger partial charge >= 0.3 is 25.0 Å². The second kappa shape index (κ2) is 19.5. The van der Waals surface area contributed by atoms with Gasteiger partial charge in [-0.3, -0.25) is 48.4 Å². The predicted octanol–water partition coefficient (Wildman–Crippen LogP) is -3.89. The number of likely N-dealkylation sites (tertiary alicyclic amines) is 1. The average molecular weight is 672 g/mol.